The van der Waals surface area contributed by atoms with E-state index < -0.39 is 17.2 Å². The molecule has 0 saturated carbocycles. The van der Waals surface area contributed by atoms with E-state index in [2.05, 4.69) is 5.32 Å². The van der Waals surface area contributed by atoms with Gasteiger partial charge >= 0.3 is 5.97 Å². The highest BCUT2D eigenvalue weighted by Crippen LogP contribution is 2.25. The molecule has 0 radical (unpaired) electrons. The first-order valence-electron chi connectivity index (χ1n) is 7.98. The minimum absolute atomic E-state index is 0.0822. The van der Waals surface area contributed by atoms with Crippen LogP contribution in [0.5, 0.6) is 0 Å². The number of rotatable bonds is 3. The Kier molecular flexibility index (Phi) is 4.53. The average molecular weight is 333 g/mol. The minimum Gasteiger partial charge on any atom is -0.462 e. The lowest BCUT2D eigenvalue weighted by molar-refractivity contribution is 0.0524. The number of carbonyl (C=O) groups excluding carboxylic acids is 1. The molecule has 128 valence electrons. The fourth-order valence-electron chi connectivity index (χ4n) is 2.99. The van der Waals surface area contributed by atoms with Crippen LogP contribution in [0, 0.1) is 5.82 Å². The Bertz CT molecular complexity index is 841. The van der Waals surface area contributed by atoms with Crippen LogP contribution < -0.4 is 15.6 Å². The predicted octanol–water partition coefficient (Wildman–Crippen LogP) is 1.26. The number of benzene rings is 1. The summed E-state index contributed by atoms with van der Waals surface area (Å²) in [4.78, 5) is 26.4. The van der Waals surface area contributed by atoms with Crippen LogP contribution in [0.3, 0.4) is 0 Å². The molecule has 1 fully saturated rings. The van der Waals surface area contributed by atoms with Crippen LogP contribution in [0.15, 0.2) is 23.1 Å². The zero-order valence-electron chi connectivity index (χ0n) is 13.8. The molecule has 3 rings (SSSR count). The molecule has 2 heterocycles. The number of carbonyl (C=O) groups is 1. The van der Waals surface area contributed by atoms with Crippen molar-refractivity contribution in [2.24, 2.45) is 7.05 Å². The first kappa shape index (κ1) is 16.4. The monoisotopic (exact) mass is 333 g/mol. The second-order valence-electron chi connectivity index (χ2n) is 5.76. The SMILES string of the molecule is CCOC(=O)c1cn(C)c2cc(N3CCNCC3)c(F)cc2c1=O. The number of aryl methyl sites for hydroxylation is 1. The van der Waals surface area contributed by atoms with E-state index in [9.17, 15) is 14.0 Å². The van der Waals surface area contributed by atoms with Crippen LogP contribution in [0.2, 0.25) is 0 Å². The van der Waals surface area contributed by atoms with Crippen LogP contribution in [0.4, 0.5) is 10.1 Å². The van der Waals surface area contributed by atoms with Crippen molar-refractivity contribution in [3.05, 3.63) is 39.9 Å². The summed E-state index contributed by atoms with van der Waals surface area (Å²) >= 11 is 0. The lowest BCUT2D eigenvalue weighted by atomic mass is 10.1. The molecule has 0 spiro atoms. The van der Waals surface area contributed by atoms with E-state index in [-0.39, 0.29) is 17.6 Å². The molecular formula is C17H20FN3O3. The van der Waals surface area contributed by atoms with Gasteiger partial charge in [0, 0.05) is 44.8 Å². The van der Waals surface area contributed by atoms with Gasteiger partial charge in [0.25, 0.3) is 0 Å². The lowest BCUT2D eigenvalue weighted by Crippen LogP contribution is -2.43. The maximum atomic E-state index is 14.6. The van der Waals surface area contributed by atoms with E-state index in [4.69, 9.17) is 4.74 Å². The Balaban J connectivity index is 2.14. The summed E-state index contributed by atoms with van der Waals surface area (Å²) in [5.74, 6) is -1.14. The standard InChI is InChI=1S/C17H20FN3O3/c1-3-24-17(23)12-10-20(2)14-9-15(21-6-4-19-5-7-21)13(18)8-11(14)16(12)22/h8-10,19H,3-7H2,1-2H3. The van der Waals surface area contributed by atoms with Crippen LogP contribution in [0.1, 0.15) is 17.3 Å². The molecule has 1 aromatic carbocycles. The molecule has 2 aromatic rings. The molecule has 6 nitrogen and oxygen atoms in total. The molecule has 1 aromatic heterocycles. The number of aromatic nitrogens is 1. The summed E-state index contributed by atoms with van der Waals surface area (Å²) in [7, 11) is 1.73. The molecule has 0 bridgehead atoms. The first-order valence-corrected chi connectivity index (χ1v) is 7.98. The number of nitrogens with zero attached hydrogens (tertiary/aromatic N) is 2. The van der Waals surface area contributed by atoms with Crippen LogP contribution in [-0.2, 0) is 11.8 Å². The Labute approximate surface area is 138 Å². The number of pyridine rings is 1. The summed E-state index contributed by atoms with van der Waals surface area (Å²) in [5.41, 5.74) is 0.472. The quantitative estimate of drug-likeness (QED) is 0.857. The van der Waals surface area contributed by atoms with Gasteiger partial charge in [-0.05, 0) is 19.1 Å². The van der Waals surface area contributed by atoms with Crippen LogP contribution in [-0.4, -0.2) is 43.3 Å². The van der Waals surface area contributed by atoms with E-state index in [1.807, 2.05) is 4.90 Å². The first-order chi connectivity index (χ1) is 11.5. The number of piperazine rings is 1. The maximum absolute atomic E-state index is 14.6. The Morgan fingerprint density at radius 1 is 1.33 bits per heavy atom. The molecule has 24 heavy (non-hydrogen) atoms. The van der Waals surface area contributed by atoms with Crippen LogP contribution >= 0.6 is 0 Å². The molecule has 7 heteroatoms. The molecule has 0 unspecified atom stereocenters. The summed E-state index contributed by atoms with van der Waals surface area (Å²) in [6.45, 7) is 4.84. The highest BCUT2D eigenvalue weighted by Gasteiger charge is 2.20. The number of nitrogens with one attached hydrogen (secondary N) is 1. The Morgan fingerprint density at radius 3 is 2.71 bits per heavy atom. The lowest BCUT2D eigenvalue weighted by Gasteiger charge is -2.30. The fourth-order valence-corrected chi connectivity index (χ4v) is 2.99. The van der Waals surface area contributed by atoms with Gasteiger partial charge in [0.1, 0.15) is 11.4 Å². The van der Waals surface area contributed by atoms with Gasteiger partial charge in [0.05, 0.1) is 17.8 Å². The minimum atomic E-state index is -0.688. The average Bonchev–Trinajstić information content (AvgIpc) is 2.58. The van der Waals surface area contributed by atoms with Gasteiger partial charge in [-0.1, -0.05) is 0 Å². The second kappa shape index (κ2) is 6.60. The molecule has 0 aliphatic carbocycles. The van der Waals surface area contributed by atoms with E-state index in [1.54, 1.807) is 24.6 Å². The third-order valence-corrected chi connectivity index (χ3v) is 4.21. The number of halogens is 1. The van der Waals surface area contributed by atoms with E-state index in [0.717, 1.165) is 13.1 Å². The normalized spacial score (nSPS) is 14.9. The summed E-state index contributed by atoms with van der Waals surface area (Å²) < 4.78 is 21.1. The molecule has 0 amide bonds. The largest absolute Gasteiger partial charge is 0.462 e. The van der Waals surface area contributed by atoms with Gasteiger partial charge < -0.3 is 19.5 Å². The predicted molar refractivity (Wildman–Crippen MR) is 90.2 cm³/mol. The van der Waals surface area contributed by atoms with Crippen molar-refractivity contribution < 1.29 is 13.9 Å². The van der Waals surface area contributed by atoms with Crippen molar-refractivity contribution in [2.45, 2.75) is 6.92 Å². The smallest absolute Gasteiger partial charge is 0.343 e. The third kappa shape index (κ3) is 2.87. The van der Waals surface area contributed by atoms with Gasteiger partial charge in [0.2, 0.25) is 5.43 Å². The number of anilines is 1. The fraction of sp³-hybridized carbons (Fsp3) is 0.412. The van der Waals surface area contributed by atoms with Gasteiger partial charge in [-0.2, -0.15) is 0 Å². The molecule has 0 atom stereocenters. The molecule has 1 N–H and O–H groups in total. The topological polar surface area (TPSA) is 63.6 Å². The molecular weight excluding hydrogens is 313 g/mol. The zero-order valence-corrected chi connectivity index (χ0v) is 13.8. The highest BCUT2D eigenvalue weighted by molar-refractivity contribution is 5.94. The molecule has 1 aliphatic heterocycles. The van der Waals surface area contributed by atoms with Gasteiger partial charge in [-0.3, -0.25) is 4.79 Å². The summed E-state index contributed by atoms with van der Waals surface area (Å²) in [6.07, 6.45) is 1.45. The highest BCUT2D eigenvalue weighted by atomic mass is 19.1. The number of hydrogen-bond acceptors (Lipinski definition) is 5. The van der Waals surface area contributed by atoms with Crippen molar-refractivity contribution in [1.82, 2.24) is 9.88 Å². The number of ether oxygens (including phenoxy) is 1. The van der Waals surface area contributed by atoms with Crippen molar-refractivity contribution in [3.8, 4) is 0 Å². The Morgan fingerprint density at radius 2 is 2.04 bits per heavy atom. The van der Waals surface area contributed by atoms with Crippen molar-refractivity contribution >= 4 is 22.6 Å². The van der Waals surface area contributed by atoms with E-state index in [0.29, 0.717) is 24.3 Å². The second-order valence-corrected chi connectivity index (χ2v) is 5.76. The summed E-state index contributed by atoms with van der Waals surface area (Å²) in [6, 6.07) is 2.89. The van der Waals surface area contributed by atoms with Crippen molar-refractivity contribution in [1.29, 1.82) is 0 Å². The number of fused-ring (bicyclic) bond motifs is 1. The van der Waals surface area contributed by atoms with Gasteiger partial charge in [-0.15, -0.1) is 0 Å². The van der Waals surface area contributed by atoms with Crippen molar-refractivity contribution in [2.75, 3.05) is 37.7 Å². The van der Waals surface area contributed by atoms with E-state index in [1.165, 1.54) is 12.3 Å². The summed E-state index contributed by atoms with van der Waals surface area (Å²) in [5, 5.41) is 3.40. The van der Waals surface area contributed by atoms with Crippen molar-refractivity contribution in [3.63, 3.8) is 0 Å². The van der Waals surface area contributed by atoms with Gasteiger partial charge in [0.15, 0.2) is 0 Å². The molecule has 1 saturated heterocycles. The Hall–Kier alpha value is -2.41. The van der Waals surface area contributed by atoms with Gasteiger partial charge in [-0.25, -0.2) is 9.18 Å². The maximum Gasteiger partial charge on any atom is 0.343 e. The van der Waals surface area contributed by atoms with Crippen LogP contribution in [0.25, 0.3) is 10.9 Å². The molecule has 1 aliphatic rings. The zero-order chi connectivity index (χ0) is 17.3. The third-order valence-electron chi connectivity index (χ3n) is 4.21. The van der Waals surface area contributed by atoms with E-state index >= 15 is 0 Å². The number of hydrogen-bond donors (Lipinski definition) is 1. The number of esters is 1.